The molecule has 1 saturated carbocycles. The van der Waals surface area contributed by atoms with Crippen LogP contribution in [0.1, 0.15) is 32.1 Å². The number of nitrogens with zero attached hydrogens (tertiary/aromatic N) is 1. The van der Waals surface area contributed by atoms with Crippen LogP contribution < -0.4 is 5.32 Å². The summed E-state index contributed by atoms with van der Waals surface area (Å²) >= 11 is 0. The van der Waals surface area contributed by atoms with Gasteiger partial charge in [0.2, 0.25) is 0 Å². The molecule has 4 nitrogen and oxygen atoms in total. The maximum absolute atomic E-state index is 12.7. The number of aromatic nitrogens is 1. The lowest BCUT2D eigenvalue weighted by molar-refractivity contribution is -0.143. The number of carboxylic acids is 1. The van der Waals surface area contributed by atoms with Crippen molar-refractivity contribution < 1.29 is 14.3 Å². The minimum atomic E-state index is -0.941. The number of anilines is 1. The molecule has 1 fully saturated rings. The summed E-state index contributed by atoms with van der Waals surface area (Å²) in [6, 6.07) is 2.74. The summed E-state index contributed by atoms with van der Waals surface area (Å²) in [6.07, 6.45) is 5.10. The molecule has 1 heterocycles. The highest BCUT2D eigenvalue weighted by Gasteiger charge is 2.39. The van der Waals surface area contributed by atoms with Gasteiger partial charge in [-0.15, -0.1) is 0 Å². The van der Waals surface area contributed by atoms with Crippen molar-refractivity contribution in [3.63, 3.8) is 0 Å². The van der Waals surface area contributed by atoms with E-state index in [2.05, 4.69) is 10.3 Å². The zero-order chi connectivity index (χ0) is 12.3. The molecule has 0 aliphatic heterocycles. The Morgan fingerprint density at radius 3 is 2.59 bits per heavy atom. The summed E-state index contributed by atoms with van der Waals surface area (Å²) in [5, 5.41) is 12.3. The number of pyridine rings is 1. The predicted octanol–water partition coefficient (Wildman–Crippen LogP) is 2.42. The van der Waals surface area contributed by atoms with Gasteiger partial charge in [-0.25, -0.2) is 14.2 Å². The molecular weight excluding hydrogens is 223 g/mol. The number of hydrogen-bond donors (Lipinski definition) is 2. The molecule has 2 N–H and O–H groups in total. The molecule has 0 aromatic carbocycles. The number of aliphatic carboxylic acids is 1. The van der Waals surface area contributed by atoms with Crippen LogP contribution in [0.15, 0.2) is 18.3 Å². The Morgan fingerprint density at radius 2 is 2.06 bits per heavy atom. The molecule has 0 atom stereocenters. The van der Waals surface area contributed by atoms with Crippen LogP contribution in [-0.4, -0.2) is 21.6 Å². The largest absolute Gasteiger partial charge is 0.480 e. The number of rotatable bonds is 3. The van der Waals surface area contributed by atoms with E-state index in [1.54, 1.807) is 0 Å². The van der Waals surface area contributed by atoms with E-state index in [1.807, 2.05) is 0 Å². The van der Waals surface area contributed by atoms with Crippen LogP contribution >= 0.6 is 0 Å². The highest BCUT2D eigenvalue weighted by atomic mass is 19.1. The second-order valence-corrected chi connectivity index (χ2v) is 4.43. The first-order chi connectivity index (χ1) is 8.12. The lowest BCUT2D eigenvalue weighted by atomic mass is 9.81. The van der Waals surface area contributed by atoms with Crippen LogP contribution in [0.3, 0.4) is 0 Å². The smallest absolute Gasteiger partial charge is 0.329 e. The zero-order valence-electron chi connectivity index (χ0n) is 9.45. The van der Waals surface area contributed by atoms with Gasteiger partial charge in [0.1, 0.15) is 17.2 Å². The molecule has 0 unspecified atom stereocenters. The van der Waals surface area contributed by atoms with Gasteiger partial charge in [-0.05, 0) is 25.0 Å². The minimum Gasteiger partial charge on any atom is -0.480 e. The summed E-state index contributed by atoms with van der Waals surface area (Å²) in [7, 11) is 0. The van der Waals surface area contributed by atoms with Crippen LogP contribution in [0.5, 0.6) is 0 Å². The van der Waals surface area contributed by atoms with Gasteiger partial charge in [-0.1, -0.05) is 19.3 Å². The Morgan fingerprint density at radius 1 is 1.35 bits per heavy atom. The van der Waals surface area contributed by atoms with Crippen LogP contribution in [0, 0.1) is 5.82 Å². The summed E-state index contributed by atoms with van der Waals surface area (Å²) < 4.78 is 12.7. The van der Waals surface area contributed by atoms with E-state index in [1.165, 1.54) is 12.1 Å². The molecule has 0 bridgehead atoms. The van der Waals surface area contributed by atoms with Crippen LogP contribution in [0.2, 0.25) is 0 Å². The van der Waals surface area contributed by atoms with E-state index in [9.17, 15) is 14.3 Å². The number of halogens is 1. The normalized spacial score (nSPS) is 18.6. The lowest BCUT2D eigenvalue weighted by Crippen LogP contribution is -2.48. The first kappa shape index (κ1) is 11.8. The van der Waals surface area contributed by atoms with Crippen LogP contribution in [0.25, 0.3) is 0 Å². The van der Waals surface area contributed by atoms with Gasteiger partial charge in [0.25, 0.3) is 0 Å². The highest BCUT2D eigenvalue weighted by molar-refractivity contribution is 5.82. The number of carboxylic acid groups (broad SMARTS) is 1. The van der Waals surface area contributed by atoms with E-state index in [-0.39, 0.29) is 0 Å². The van der Waals surface area contributed by atoms with E-state index in [4.69, 9.17) is 0 Å². The standard InChI is InChI=1S/C12H15FN2O2/c13-9-4-5-10(14-8-9)15-12(11(16)17)6-2-1-3-7-12/h4-5,8H,1-3,6-7H2,(H,14,15)(H,16,17). The minimum absolute atomic E-state index is 0.413. The SMILES string of the molecule is O=C(O)C1(Nc2ccc(F)cn2)CCCCC1. The second kappa shape index (κ2) is 4.69. The molecule has 92 valence electrons. The third kappa shape index (κ3) is 2.54. The summed E-state index contributed by atoms with van der Waals surface area (Å²) in [4.78, 5) is 15.2. The van der Waals surface area contributed by atoms with Gasteiger partial charge in [0, 0.05) is 0 Å². The van der Waals surface area contributed by atoms with Crippen molar-refractivity contribution in [1.29, 1.82) is 0 Å². The monoisotopic (exact) mass is 238 g/mol. The molecule has 0 radical (unpaired) electrons. The van der Waals surface area contributed by atoms with Gasteiger partial charge in [0.15, 0.2) is 0 Å². The van der Waals surface area contributed by atoms with Crippen LogP contribution in [-0.2, 0) is 4.79 Å². The first-order valence-electron chi connectivity index (χ1n) is 5.75. The first-order valence-corrected chi connectivity index (χ1v) is 5.75. The molecule has 1 aromatic rings. The van der Waals surface area contributed by atoms with Crippen molar-refractivity contribution in [2.24, 2.45) is 0 Å². The maximum Gasteiger partial charge on any atom is 0.329 e. The molecule has 0 spiro atoms. The van der Waals surface area contributed by atoms with Crippen molar-refractivity contribution in [1.82, 2.24) is 4.98 Å². The van der Waals surface area contributed by atoms with E-state index >= 15 is 0 Å². The van der Waals surface area contributed by atoms with Crippen molar-refractivity contribution in [3.8, 4) is 0 Å². The zero-order valence-corrected chi connectivity index (χ0v) is 9.45. The lowest BCUT2D eigenvalue weighted by Gasteiger charge is -2.34. The fourth-order valence-electron chi connectivity index (χ4n) is 2.24. The molecule has 5 heteroatoms. The summed E-state index contributed by atoms with van der Waals surface area (Å²) in [5.74, 6) is -0.873. The van der Waals surface area contributed by atoms with Crippen molar-refractivity contribution >= 4 is 11.8 Å². The summed E-state index contributed by atoms with van der Waals surface area (Å²) in [5.41, 5.74) is -0.941. The number of nitrogens with one attached hydrogen (secondary N) is 1. The molecule has 1 aliphatic carbocycles. The van der Waals surface area contributed by atoms with E-state index < -0.39 is 17.3 Å². The summed E-state index contributed by atoms with van der Waals surface area (Å²) in [6.45, 7) is 0. The average Bonchev–Trinajstić information content (AvgIpc) is 2.33. The fourth-order valence-corrected chi connectivity index (χ4v) is 2.24. The number of hydrogen-bond acceptors (Lipinski definition) is 3. The van der Waals surface area contributed by atoms with Gasteiger partial charge < -0.3 is 10.4 Å². The van der Waals surface area contributed by atoms with Crippen LogP contribution in [0.4, 0.5) is 10.2 Å². The molecule has 0 amide bonds. The van der Waals surface area contributed by atoms with Gasteiger partial charge in [-0.2, -0.15) is 0 Å². The Bertz CT molecular complexity index is 399. The topological polar surface area (TPSA) is 62.2 Å². The Hall–Kier alpha value is -1.65. The molecule has 17 heavy (non-hydrogen) atoms. The Labute approximate surface area is 98.9 Å². The van der Waals surface area contributed by atoms with Gasteiger partial charge in [-0.3, -0.25) is 0 Å². The van der Waals surface area contributed by atoms with Crippen molar-refractivity contribution in [2.45, 2.75) is 37.6 Å². The molecule has 2 rings (SSSR count). The average molecular weight is 238 g/mol. The highest BCUT2D eigenvalue weighted by Crippen LogP contribution is 2.31. The molecular formula is C12H15FN2O2. The molecule has 1 aliphatic rings. The fraction of sp³-hybridized carbons (Fsp3) is 0.500. The van der Waals surface area contributed by atoms with Crippen molar-refractivity contribution in [3.05, 3.63) is 24.1 Å². The molecule has 0 saturated heterocycles. The third-order valence-electron chi connectivity index (χ3n) is 3.21. The quantitative estimate of drug-likeness (QED) is 0.848. The van der Waals surface area contributed by atoms with Gasteiger partial charge in [0.05, 0.1) is 6.20 Å². The Balaban J connectivity index is 2.17. The van der Waals surface area contributed by atoms with Gasteiger partial charge >= 0.3 is 5.97 Å². The van der Waals surface area contributed by atoms with Crippen molar-refractivity contribution in [2.75, 3.05) is 5.32 Å². The van der Waals surface area contributed by atoms with E-state index in [0.717, 1.165) is 25.5 Å². The molecule has 1 aromatic heterocycles. The maximum atomic E-state index is 12.7. The van der Waals surface area contributed by atoms with E-state index in [0.29, 0.717) is 18.7 Å². The second-order valence-electron chi connectivity index (χ2n) is 4.43. The Kier molecular flexibility index (Phi) is 3.26. The predicted molar refractivity (Wildman–Crippen MR) is 61.3 cm³/mol. The number of carbonyl (C=O) groups is 1. The third-order valence-corrected chi connectivity index (χ3v) is 3.21.